The number of thiazole rings is 1. The molecule has 3 N–H and O–H groups in total. The maximum Gasteiger partial charge on any atom is 0.290 e. The van der Waals surface area contributed by atoms with E-state index < -0.39 is 0 Å². The number of likely N-dealkylation sites (tertiary alicyclic amines) is 1. The van der Waals surface area contributed by atoms with E-state index in [0.717, 1.165) is 23.7 Å². The number of rotatable bonds is 5. The Balaban J connectivity index is 0.000000968. The molecule has 2 aromatic heterocycles. The maximum absolute atomic E-state index is 13.2. The minimum Gasteiger partial charge on any atom is -0.483 e. The molecule has 1 aliphatic rings. The molecule has 1 fully saturated rings. The summed E-state index contributed by atoms with van der Waals surface area (Å²) in [5.74, 6) is -0.0149. The minimum absolute atomic E-state index is 0.0149. The maximum atomic E-state index is 13.2. The van der Waals surface area contributed by atoms with Crippen LogP contribution < -0.4 is 10.9 Å². The first kappa shape index (κ1) is 24.2. The predicted molar refractivity (Wildman–Crippen MR) is 129 cm³/mol. The number of piperidine rings is 1. The third kappa shape index (κ3) is 5.14. The number of nitrogens with one attached hydrogen (secondary N) is 2. The number of benzene rings is 1. The van der Waals surface area contributed by atoms with Gasteiger partial charge in [0, 0.05) is 42.7 Å². The number of amides is 1. The lowest BCUT2D eigenvalue weighted by atomic mass is 9.70. The van der Waals surface area contributed by atoms with Crippen LogP contribution in [0.2, 0.25) is 0 Å². The summed E-state index contributed by atoms with van der Waals surface area (Å²) >= 11 is 1.61. The number of aromatic nitrogens is 2. The lowest BCUT2D eigenvalue weighted by Gasteiger charge is -2.41. The lowest BCUT2D eigenvalue weighted by molar-refractivity contribution is -0.122. The van der Waals surface area contributed by atoms with Crippen LogP contribution >= 0.6 is 11.3 Å². The molecule has 1 aliphatic heterocycles. The van der Waals surface area contributed by atoms with Gasteiger partial charge in [-0.05, 0) is 30.9 Å². The van der Waals surface area contributed by atoms with Crippen molar-refractivity contribution in [3.05, 3.63) is 80.7 Å². The molecule has 0 saturated carbocycles. The highest BCUT2D eigenvalue weighted by Gasteiger charge is 2.41. The van der Waals surface area contributed by atoms with Crippen molar-refractivity contribution >= 4 is 28.8 Å². The number of aromatic amines is 1. The Kier molecular flexibility index (Phi) is 8.00. The molecule has 33 heavy (non-hydrogen) atoms. The van der Waals surface area contributed by atoms with Crippen molar-refractivity contribution in [2.24, 2.45) is 0 Å². The van der Waals surface area contributed by atoms with E-state index in [1.165, 1.54) is 11.6 Å². The standard InChI is InChI=1S/C23H26N4O2S.CH2O2/c1-3-18-17(9-10-20(28)25-18)21(29)27-13-11-23(12-14-27,16-7-5-4-6-8-16)19-15-30-22(24-2)26-19;2-1-3/h4-10,15H,3,11-14H2,1-2H3,(H,24,26)(H,25,28);1H,(H,2,3). The molecule has 0 unspecified atom stereocenters. The summed E-state index contributed by atoms with van der Waals surface area (Å²) in [6.45, 7) is 2.98. The first-order chi connectivity index (χ1) is 16.0. The SMILES string of the molecule is CCc1[nH]c(=O)ccc1C(=O)N1CCC(c2ccccc2)(c2csc(NC)n2)CC1.O=CO. The Morgan fingerprint density at radius 2 is 1.91 bits per heavy atom. The van der Waals surface area contributed by atoms with Crippen LogP contribution in [0.25, 0.3) is 0 Å². The molecule has 0 aliphatic carbocycles. The molecule has 4 rings (SSSR count). The molecule has 1 aromatic carbocycles. The van der Waals surface area contributed by atoms with Gasteiger partial charge < -0.3 is 20.3 Å². The van der Waals surface area contributed by atoms with Crippen LogP contribution in [0.4, 0.5) is 5.13 Å². The summed E-state index contributed by atoms with van der Waals surface area (Å²) in [7, 11) is 1.88. The Bertz CT molecular complexity index is 1130. The average Bonchev–Trinajstić information content (AvgIpc) is 3.34. The van der Waals surface area contributed by atoms with Gasteiger partial charge in [0.15, 0.2) is 5.13 Å². The third-order valence-corrected chi connectivity index (χ3v) is 6.88. The molecule has 3 heterocycles. The van der Waals surface area contributed by atoms with E-state index in [9.17, 15) is 9.59 Å². The summed E-state index contributed by atoms with van der Waals surface area (Å²) < 4.78 is 0. The first-order valence-electron chi connectivity index (χ1n) is 10.8. The van der Waals surface area contributed by atoms with E-state index in [-0.39, 0.29) is 23.4 Å². The Labute approximate surface area is 196 Å². The van der Waals surface area contributed by atoms with Crippen LogP contribution in [0, 0.1) is 0 Å². The van der Waals surface area contributed by atoms with Crippen LogP contribution in [0.1, 0.15) is 47.1 Å². The van der Waals surface area contributed by atoms with Gasteiger partial charge in [0.25, 0.3) is 12.4 Å². The topological polar surface area (TPSA) is 115 Å². The first-order valence-corrected chi connectivity index (χ1v) is 11.7. The van der Waals surface area contributed by atoms with E-state index in [4.69, 9.17) is 14.9 Å². The van der Waals surface area contributed by atoms with Crippen molar-refractivity contribution in [2.45, 2.75) is 31.6 Å². The summed E-state index contributed by atoms with van der Waals surface area (Å²) in [5.41, 5.74) is 3.22. The third-order valence-electron chi connectivity index (χ3n) is 6.02. The number of carboxylic acid groups (broad SMARTS) is 1. The number of H-pyrrole nitrogens is 1. The van der Waals surface area contributed by atoms with Gasteiger partial charge in [0.1, 0.15) is 0 Å². The van der Waals surface area contributed by atoms with E-state index in [0.29, 0.717) is 30.8 Å². The van der Waals surface area contributed by atoms with E-state index in [2.05, 4.69) is 39.9 Å². The van der Waals surface area contributed by atoms with Crippen molar-refractivity contribution in [1.82, 2.24) is 14.9 Å². The van der Waals surface area contributed by atoms with E-state index in [1.54, 1.807) is 17.4 Å². The van der Waals surface area contributed by atoms with Crippen LogP contribution in [-0.4, -0.2) is 52.5 Å². The van der Waals surface area contributed by atoms with Crippen molar-refractivity contribution in [1.29, 1.82) is 0 Å². The molecular formula is C24H28N4O4S. The molecule has 1 amide bonds. The summed E-state index contributed by atoms with van der Waals surface area (Å²) in [4.78, 5) is 42.7. The van der Waals surface area contributed by atoms with Crippen molar-refractivity contribution < 1.29 is 14.7 Å². The highest BCUT2D eigenvalue weighted by Crippen LogP contribution is 2.42. The molecule has 0 atom stereocenters. The number of pyridine rings is 1. The number of nitrogens with zero attached hydrogens (tertiary/aromatic N) is 2. The van der Waals surface area contributed by atoms with Gasteiger partial charge in [-0.1, -0.05) is 37.3 Å². The molecule has 0 radical (unpaired) electrons. The van der Waals surface area contributed by atoms with Gasteiger partial charge in [-0.2, -0.15) is 0 Å². The van der Waals surface area contributed by atoms with Gasteiger partial charge in [-0.3, -0.25) is 14.4 Å². The zero-order valence-corrected chi connectivity index (χ0v) is 19.5. The van der Waals surface area contributed by atoms with Crippen molar-refractivity contribution in [3.63, 3.8) is 0 Å². The number of carbonyl (C=O) groups excluding carboxylic acids is 1. The fraction of sp³-hybridized carbons (Fsp3) is 0.333. The molecule has 174 valence electrons. The van der Waals surface area contributed by atoms with Crippen LogP contribution in [0.15, 0.2) is 52.6 Å². The van der Waals surface area contributed by atoms with Gasteiger partial charge in [-0.25, -0.2) is 4.98 Å². The molecule has 0 bridgehead atoms. The molecule has 9 heteroatoms. The van der Waals surface area contributed by atoms with E-state index in [1.807, 2.05) is 24.9 Å². The lowest BCUT2D eigenvalue weighted by Crippen LogP contribution is -2.46. The smallest absolute Gasteiger partial charge is 0.290 e. The fourth-order valence-electron chi connectivity index (χ4n) is 4.32. The molecule has 3 aromatic rings. The number of anilines is 1. The zero-order valence-electron chi connectivity index (χ0n) is 18.7. The second-order valence-electron chi connectivity index (χ2n) is 7.70. The molecule has 8 nitrogen and oxygen atoms in total. The predicted octanol–water partition coefficient (Wildman–Crippen LogP) is 3.36. The van der Waals surface area contributed by atoms with Gasteiger partial charge in [-0.15, -0.1) is 11.3 Å². The number of hydrogen-bond donors (Lipinski definition) is 3. The number of carbonyl (C=O) groups is 2. The fourth-order valence-corrected chi connectivity index (χ4v) is 5.09. The monoisotopic (exact) mass is 468 g/mol. The number of aryl methyl sites for hydroxylation is 1. The Hall–Kier alpha value is -3.46. The minimum atomic E-state index is -0.250. The Morgan fingerprint density at radius 3 is 2.48 bits per heavy atom. The molecule has 1 saturated heterocycles. The zero-order chi connectivity index (χ0) is 23.8. The van der Waals surface area contributed by atoms with Crippen molar-refractivity contribution in [3.8, 4) is 0 Å². The normalized spacial score (nSPS) is 14.7. The summed E-state index contributed by atoms with van der Waals surface area (Å²) in [5, 5.41) is 13.1. The molecule has 0 spiro atoms. The van der Waals surface area contributed by atoms with Crippen LogP contribution in [0.3, 0.4) is 0 Å². The second-order valence-corrected chi connectivity index (χ2v) is 8.56. The highest BCUT2D eigenvalue weighted by molar-refractivity contribution is 7.13. The van der Waals surface area contributed by atoms with Crippen molar-refractivity contribution in [2.75, 3.05) is 25.5 Å². The van der Waals surface area contributed by atoms with Crippen LogP contribution in [0.5, 0.6) is 0 Å². The quantitative estimate of drug-likeness (QED) is 0.495. The van der Waals surface area contributed by atoms with Gasteiger partial charge >= 0.3 is 0 Å². The Morgan fingerprint density at radius 1 is 1.24 bits per heavy atom. The van der Waals surface area contributed by atoms with Gasteiger partial charge in [0.05, 0.1) is 11.3 Å². The summed E-state index contributed by atoms with van der Waals surface area (Å²) in [6, 6.07) is 13.6. The molecular weight excluding hydrogens is 440 g/mol. The van der Waals surface area contributed by atoms with E-state index >= 15 is 0 Å². The average molecular weight is 469 g/mol. The largest absolute Gasteiger partial charge is 0.483 e. The van der Waals surface area contributed by atoms with Crippen LogP contribution in [-0.2, 0) is 16.6 Å². The highest BCUT2D eigenvalue weighted by atomic mass is 32.1. The van der Waals surface area contributed by atoms with Gasteiger partial charge in [0.2, 0.25) is 5.56 Å². The second kappa shape index (κ2) is 10.9. The number of hydrogen-bond acceptors (Lipinski definition) is 6. The summed E-state index contributed by atoms with van der Waals surface area (Å²) in [6.07, 6.45) is 2.23.